The number of hydrogen-bond donors (Lipinski definition) is 1. The maximum atomic E-state index is 13.0. The highest BCUT2D eigenvalue weighted by atomic mass is 19.4. The Morgan fingerprint density at radius 3 is 1.83 bits per heavy atom. The van der Waals surface area contributed by atoms with Crippen LogP contribution in [-0.2, 0) is 11.3 Å². The first kappa shape index (κ1) is 13.3. The molecule has 0 bridgehead atoms. The zero-order valence-corrected chi connectivity index (χ0v) is 9.27. The summed E-state index contributed by atoms with van der Waals surface area (Å²) < 4.78 is 62.5. The van der Waals surface area contributed by atoms with Gasteiger partial charge in [0.25, 0.3) is 0 Å². The Balaban J connectivity index is 2.28. The minimum absolute atomic E-state index is 0.123. The van der Waals surface area contributed by atoms with Crippen molar-refractivity contribution in [1.82, 2.24) is 0 Å². The molecule has 0 aliphatic heterocycles. The van der Waals surface area contributed by atoms with Gasteiger partial charge in [0.05, 0.1) is 6.61 Å². The highest BCUT2D eigenvalue weighted by Crippen LogP contribution is 2.49. The van der Waals surface area contributed by atoms with E-state index in [1.165, 1.54) is 12.1 Å². The fourth-order valence-corrected chi connectivity index (χ4v) is 1.89. The first-order chi connectivity index (χ1) is 8.23. The summed E-state index contributed by atoms with van der Waals surface area (Å²) >= 11 is 0. The molecular formula is C12H11F5O. The quantitative estimate of drug-likeness (QED) is 0.832. The van der Waals surface area contributed by atoms with Gasteiger partial charge in [-0.25, -0.2) is 0 Å². The summed E-state index contributed by atoms with van der Waals surface area (Å²) in [5, 5.41) is 9.14. The molecule has 100 valence electrons. The molecule has 1 nitrogen and oxygen atoms in total. The summed E-state index contributed by atoms with van der Waals surface area (Å²) in [6.45, 7) is -0.123. The SMILES string of the molecule is OCC1(c2ccc(C(F)(F)C(F)(F)F)cc2)CC1. The van der Waals surface area contributed by atoms with Crippen LogP contribution in [0.4, 0.5) is 22.0 Å². The standard InChI is InChI=1S/C12H11F5O/c13-11(14,12(15,16)17)9-3-1-8(2-4-9)10(7-18)5-6-10/h1-4,18H,5-7H2. The van der Waals surface area contributed by atoms with Crippen molar-refractivity contribution in [3.8, 4) is 0 Å². The van der Waals surface area contributed by atoms with E-state index in [0.29, 0.717) is 5.56 Å². The van der Waals surface area contributed by atoms with Crippen LogP contribution in [0.3, 0.4) is 0 Å². The molecule has 1 aliphatic carbocycles. The molecule has 0 unspecified atom stereocenters. The van der Waals surface area contributed by atoms with Gasteiger partial charge in [-0.2, -0.15) is 22.0 Å². The molecule has 0 aromatic heterocycles. The number of aliphatic hydroxyl groups is 1. The summed E-state index contributed by atoms with van der Waals surface area (Å²) in [7, 11) is 0. The zero-order chi connectivity index (χ0) is 13.6. The predicted molar refractivity (Wildman–Crippen MR) is 54.4 cm³/mol. The third-order valence-corrected chi connectivity index (χ3v) is 3.37. The van der Waals surface area contributed by atoms with E-state index in [1.807, 2.05) is 0 Å². The molecule has 0 saturated heterocycles. The molecule has 0 atom stereocenters. The van der Waals surface area contributed by atoms with Crippen molar-refractivity contribution in [2.75, 3.05) is 6.61 Å². The van der Waals surface area contributed by atoms with Crippen molar-refractivity contribution >= 4 is 0 Å². The van der Waals surface area contributed by atoms with E-state index in [9.17, 15) is 22.0 Å². The molecule has 1 aromatic carbocycles. The number of benzene rings is 1. The fraction of sp³-hybridized carbons (Fsp3) is 0.500. The Morgan fingerprint density at radius 1 is 1.00 bits per heavy atom. The number of rotatable bonds is 3. The minimum Gasteiger partial charge on any atom is -0.395 e. The van der Waals surface area contributed by atoms with Crippen molar-refractivity contribution in [3.05, 3.63) is 35.4 Å². The van der Waals surface area contributed by atoms with Crippen LogP contribution in [0.25, 0.3) is 0 Å². The monoisotopic (exact) mass is 266 g/mol. The Kier molecular flexibility index (Phi) is 2.88. The molecular weight excluding hydrogens is 255 g/mol. The average molecular weight is 266 g/mol. The summed E-state index contributed by atoms with van der Waals surface area (Å²) in [5.74, 6) is -4.85. The third kappa shape index (κ3) is 1.98. The van der Waals surface area contributed by atoms with Crippen molar-refractivity contribution in [3.63, 3.8) is 0 Å². The van der Waals surface area contributed by atoms with E-state index in [4.69, 9.17) is 5.11 Å². The Bertz CT molecular complexity index is 431. The lowest BCUT2D eigenvalue weighted by molar-refractivity contribution is -0.289. The third-order valence-electron chi connectivity index (χ3n) is 3.37. The average Bonchev–Trinajstić information content (AvgIpc) is 3.08. The summed E-state index contributed by atoms with van der Waals surface area (Å²) in [5.41, 5.74) is -0.911. The van der Waals surface area contributed by atoms with Crippen molar-refractivity contribution in [1.29, 1.82) is 0 Å². The van der Waals surface area contributed by atoms with Gasteiger partial charge in [0.2, 0.25) is 0 Å². The molecule has 2 rings (SSSR count). The first-order valence-electron chi connectivity index (χ1n) is 5.39. The molecule has 6 heteroatoms. The van der Waals surface area contributed by atoms with Crippen LogP contribution in [0.15, 0.2) is 24.3 Å². The van der Waals surface area contributed by atoms with Crippen molar-refractivity contribution in [2.45, 2.75) is 30.4 Å². The molecule has 0 heterocycles. The van der Waals surface area contributed by atoms with E-state index in [1.54, 1.807) is 0 Å². The molecule has 1 aromatic rings. The van der Waals surface area contributed by atoms with Crippen molar-refractivity contribution in [2.24, 2.45) is 0 Å². The zero-order valence-electron chi connectivity index (χ0n) is 9.27. The predicted octanol–water partition coefficient (Wildman–Crippen LogP) is 3.36. The number of hydrogen-bond acceptors (Lipinski definition) is 1. The second kappa shape index (κ2) is 3.91. The minimum atomic E-state index is -5.59. The molecule has 1 aliphatic rings. The lowest BCUT2D eigenvalue weighted by atomic mass is 9.95. The van der Waals surface area contributed by atoms with Gasteiger partial charge in [0.15, 0.2) is 0 Å². The maximum absolute atomic E-state index is 13.0. The van der Waals surface area contributed by atoms with Gasteiger partial charge < -0.3 is 5.11 Å². The lowest BCUT2D eigenvalue weighted by Gasteiger charge is -2.20. The fourth-order valence-electron chi connectivity index (χ4n) is 1.89. The maximum Gasteiger partial charge on any atom is 0.458 e. The van der Waals surface area contributed by atoms with Crippen LogP contribution >= 0.6 is 0 Å². The van der Waals surface area contributed by atoms with Gasteiger partial charge in [0.1, 0.15) is 0 Å². The van der Waals surface area contributed by atoms with E-state index in [2.05, 4.69) is 0 Å². The lowest BCUT2D eigenvalue weighted by Crippen LogP contribution is -2.33. The van der Waals surface area contributed by atoms with Gasteiger partial charge >= 0.3 is 12.1 Å². The van der Waals surface area contributed by atoms with E-state index in [0.717, 1.165) is 25.0 Å². The van der Waals surface area contributed by atoms with Gasteiger partial charge in [-0.15, -0.1) is 0 Å². The molecule has 0 radical (unpaired) electrons. The number of halogens is 5. The van der Waals surface area contributed by atoms with E-state index < -0.39 is 23.1 Å². The first-order valence-corrected chi connectivity index (χ1v) is 5.39. The summed E-state index contributed by atoms with van der Waals surface area (Å²) in [6.07, 6.45) is -4.15. The molecule has 0 spiro atoms. The smallest absolute Gasteiger partial charge is 0.395 e. The molecule has 1 saturated carbocycles. The van der Waals surface area contributed by atoms with Gasteiger partial charge in [-0.3, -0.25) is 0 Å². The molecule has 1 N–H and O–H groups in total. The summed E-state index contributed by atoms with van der Waals surface area (Å²) in [4.78, 5) is 0. The van der Waals surface area contributed by atoms with Crippen LogP contribution in [0.2, 0.25) is 0 Å². The van der Waals surface area contributed by atoms with Crippen LogP contribution in [0.1, 0.15) is 24.0 Å². The normalized spacial score (nSPS) is 18.8. The largest absolute Gasteiger partial charge is 0.458 e. The second-order valence-electron chi connectivity index (χ2n) is 4.59. The topological polar surface area (TPSA) is 20.2 Å². The molecule has 0 amide bonds. The van der Waals surface area contributed by atoms with Crippen LogP contribution < -0.4 is 0 Å². The van der Waals surface area contributed by atoms with Crippen LogP contribution in [-0.4, -0.2) is 17.9 Å². The number of aliphatic hydroxyl groups excluding tert-OH is 1. The van der Waals surface area contributed by atoms with Crippen LogP contribution in [0.5, 0.6) is 0 Å². The van der Waals surface area contributed by atoms with Gasteiger partial charge in [-0.1, -0.05) is 24.3 Å². The highest BCUT2D eigenvalue weighted by Gasteiger charge is 2.58. The Labute approximate surface area is 100 Å². The van der Waals surface area contributed by atoms with E-state index >= 15 is 0 Å². The van der Waals surface area contributed by atoms with Gasteiger partial charge in [-0.05, 0) is 18.4 Å². The number of alkyl halides is 5. The Morgan fingerprint density at radius 2 is 1.50 bits per heavy atom. The molecule has 18 heavy (non-hydrogen) atoms. The second-order valence-corrected chi connectivity index (χ2v) is 4.59. The van der Waals surface area contributed by atoms with Gasteiger partial charge in [0, 0.05) is 11.0 Å². The van der Waals surface area contributed by atoms with Crippen molar-refractivity contribution < 1.29 is 27.1 Å². The van der Waals surface area contributed by atoms with E-state index in [-0.39, 0.29) is 6.61 Å². The van der Waals surface area contributed by atoms with Crippen LogP contribution in [0, 0.1) is 0 Å². The highest BCUT2D eigenvalue weighted by molar-refractivity contribution is 5.35. The molecule has 1 fully saturated rings. The summed E-state index contributed by atoms with van der Waals surface area (Å²) in [6, 6.07) is 4.02. The Hall–Kier alpha value is -1.17.